The van der Waals surface area contributed by atoms with Gasteiger partial charge in [0.15, 0.2) is 5.76 Å². The van der Waals surface area contributed by atoms with E-state index in [0.29, 0.717) is 18.8 Å². The zero-order valence-electron chi connectivity index (χ0n) is 18.0. The molecule has 3 aromatic rings. The molecule has 9 nitrogen and oxygen atoms in total. The van der Waals surface area contributed by atoms with Gasteiger partial charge in [-0.05, 0) is 38.1 Å². The molecular formula is C23H25N5O4. The molecule has 1 aliphatic heterocycles. The Bertz CT molecular complexity index is 1120. The van der Waals surface area contributed by atoms with Crippen LogP contribution in [0.3, 0.4) is 0 Å². The molecule has 2 aromatic heterocycles. The quantitative estimate of drug-likeness (QED) is 0.615. The summed E-state index contributed by atoms with van der Waals surface area (Å²) in [4.78, 5) is 39.5. The molecule has 166 valence electrons. The third-order valence-corrected chi connectivity index (χ3v) is 5.52. The van der Waals surface area contributed by atoms with Crippen LogP contribution in [0.25, 0.3) is 5.69 Å². The number of aryl methyl sites for hydroxylation is 1. The predicted octanol–water partition coefficient (Wildman–Crippen LogP) is 1.90. The summed E-state index contributed by atoms with van der Waals surface area (Å²) >= 11 is 0. The Morgan fingerprint density at radius 2 is 1.97 bits per heavy atom. The van der Waals surface area contributed by atoms with E-state index in [0.717, 1.165) is 16.9 Å². The number of nitrogens with one attached hydrogen (secondary N) is 2. The van der Waals surface area contributed by atoms with Gasteiger partial charge in [-0.25, -0.2) is 4.68 Å². The highest BCUT2D eigenvalue weighted by Crippen LogP contribution is 2.30. The smallest absolute Gasteiger partial charge is 0.286 e. The van der Waals surface area contributed by atoms with Crippen LogP contribution in [0, 0.1) is 13.8 Å². The number of hydrogen-bond donors (Lipinski definition) is 2. The number of para-hydroxylation sites is 1. The minimum atomic E-state index is -0.769. The van der Waals surface area contributed by atoms with Gasteiger partial charge in [0, 0.05) is 37.3 Å². The molecule has 0 radical (unpaired) electrons. The molecule has 1 unspecified atom stereocenters. The Morgan fingerprint density at radius 3 is 2.69 bits per heavy atom. The summed E-state index contributed by atoms with van der Waals surface area (Å²) < 4.78 is 6.84. The highest BCUT2D eigenvalue weighted by atomic mass is 16.3. The zero-order valence-corrected chi connectivity index (χ0v) is 18.0. The first-order valence-corrected chi connectivity index (χ1v) is 10.5. The number of aromatic nitrogens is 2. The third-order valence-electron chi connectivity index (χ3n) is 5.52. The predicted molar refractivity (Wildman–Crippen MR) is 116 cm³/mol. The molecule has 3 heterocycles. The Balaban J connectivity index is 1.53. The van der Waals surface area contributed by atoms with E-state index in [1.807, 2.05) is 44.2 Å². The van der Waals surface area contributed by atoms with Crippen molar-refractivity contribution in [3.63, 3.8) is 0 Å². The van der Waals surface area contributed by atoms with Crippen LogP contribution in [0.15, 0.2) is 53.1 Å². The molecule has 32 heavy (non-hydrogen) atoms. The molecule has 3 amide bonds. The van der Waals surface area contributed by atoms with E-state index < -0.39 is 6.04 Å². The van der Waals surface area contributed by atoms with E-state index in [1.165, 1.54) is 6.26 Å². The number of furan rings is 1. The number of piperazine rings is 1. The Kier molecular flexibility index (Phi) is 6.07. The lowest BCUT2D eigenvalue weighted by atomic mass is 9.99. The second-order valence-corrected chi connectivity index (χ2v) is 7.60. The fraction of sp³-hybridized carbons (Fsp3) is 0.304. The van der Waals surface area contributed by atoms with Crippen LogP contribution in [-0.4, -0.2) is 52.0 Å². The summed E-state index contributed by atoms with van der Waals surface area (Å²) in [6.45, 7) is 4.65. The molecule has 1 aromatic carbocycles. The summed E-state index contributed by atoms with van der Waals surface area (Å²) in [5.41, 5.74) is 3.10. The summed E-state index contributed by atoms with van der Waals surface area (Å²) in [5.74, 6) is -0.641. The maximum Gasteiger partial charge on any atom is 0.286 e. The van der Waals surface area contributed by atoms with Gasteiger partial charge in [0.05, 0.1) is 17.6 Å². The Hall–Kier alpha value is -3.88. The molecule has 1 aliphatic rings. The van der Waals surface area contributed by atoms with Crippen molar-refractivity contribution in [2.45, 2.75) is 26.3 Å². The van der Waals surface area contributed by atoms with Gasteiger partial charge >= 0.3 is 0 Å². The van der Waals surface area contributed by atoms with Gasteiger partial charge < -0.3 is 20.0 Å². The average molecular weight is 435 g/mol. The fourth-order valence-electron chi connectivity index (χ4n) is 4.01. The maximum absolute atomic E-state index is 13.0. The first-order valence-electron chi connectivity index (χ1n) is 10.5. The van der Waals surface area contributed by atoms with Crippen LogP contribution >= 0.6 is 0 Å². The summed E-state index contributed by atoms with van der Waals surface area (Å²) in [7, 11) is 0. The second-order valence-electron chi connectivity index (χ2n) is 7.60. The number of amides is 3. The normalized spacial score (nSPS) is 16.0. The molecule has 1 saturated heterocycles. The Morgan fingerprint density at radius 1 is 1.19 bits per heavy atom. The summed E-state index contributed by atoms with van der Waals surface area (Å²) in [5, 5.41) is 10.2. The topological polar surface area (TPSA) is 109 Å². The monoisotopic (exact) mass is 435 g/mol. The van der Waals surface area contributed by atoms with Crippen molar-refractivity contribution in [1.29, 1.82) is 0 Å². The first-order chi connectivity index (χ1) is 15.5. The van der Waals surface area contributed by atoms with Gasteiger partial charge in [-0.1, -0.05) is 18.2 Å². The second kappa shape index (κ2) is 9.09. The van der Waals surface area contributed by atoms with Gasteiger partial charge in [0.25, 0.3) is 5.91 Å². The van der Waals surface area contributed by atoms with Crippen molar-refractivity contribution in [3.05, 3.63) is 71.4 Å². The van der Waals surface area contributed by atoms with Crippen LogP contribution in [0.5, 0.6) is 0 Å². The van der Waals surface area contributed by atoms with Crippen molar-refractivity contribution >= 4 is 17.7 Å². The molecule has 0 saturated carbocycles. The van der Waals surface area contributed by atoms with Crippen LogP contribution < -0.4 is 10.6 Å². The number of rotatable bonds is 6. The highest BCUT2D eigenvalue weighted by molar-refractivity contribution is 5.92. The van der Waals surface area contributed by atoms with E-state index in [2.05, 4.69) is 15.7 Å². The van der Waals surface area contributed by atoms with E-state index >= 15 is 0 Å². The number of carbonyl (C=O) groups is 3. The van der Waals surface area contributed by atoms with E-state index in [1.54, 1.807) is 21.7 Å². The number of benzene rings is 1. The van der Waals surface area contributed by atoms with E-state index in [-0.39, 0.29) is 36.4 Å². The number of hydrogen-bond acceptors (Lipinski definition) is 5. The van der Waals surface area contributed by atoms with Crippen molar-refractivity contribution in [3.8, 4) is 5.69 Å². The third kappa shape index (κ3) is 4.14. The lowest BCUT2D eigenvalue weighted by molar-refractivity contribution is -0.143. The van der Waals surface area contributed by atoms with Crippen molar-refractivity contribution < 1.29 is 18.8 Å². The lowest BCUT2D eigenvalue weighted by Gasteiger charge is -2.35. The first kappa shape index (κ1) is 21.4. The number of nitrogens with zero attached hydrogens (tertiary/aromatic N) is 3. The van der Waals surface area contributed by atoms with Crippen molar-refractivity contribution in [1.82, 2.24) is 25.3 Å². The standard InChI is InChI=1S/C23H25N5O4/c1-15-20(16(2)28(26-15)17-7-4-3-5-8-17)21-23(31)25-12-13-27(21)19(29)10-11-24-22(30)18-9-6-14-32-18/h3-9,14,21H,10-13H2,1-2H3,(H,24,30)(H,25,31). The molecule has 2 N–H and O–H groups in total. The summed E-state index contributed by atoms with van der Waals surface area (Å²) in [6.07, 6.45) is 1.48. The maximum atomic E-state index is 13.0. The largest absolute Gasteiger partial charge is 0.459 e. The molecule has 1 fully saturated rings. The van der Waals surface area contributed by atoms with Gasteiger partial charge in [-0.15, -0.1) is 0 Å². The summed E-state index contributed by atoms with van der Waals surface area (Å²) in [6, 6.07) is 12.1. The average Bonchev–Trinajstić information content (AvgIpc) is 3.43. The van der Waals surface area contributed by atoms with Crippen molar-refractivity contribution in [2.75, 3.05) is 19.6 Å². The van der Waals surface area contributed by atoms with Gasteiger partial charge in [0.2, 0.25) is 11.8 Å². The Labute approximate surface area is 185 Å². The van der Waals surface area contributed by atoms with E-state index in [9.17, 15) is 14.4 Å². The lowest BCUT2D eigenvalue weighted by Crippen LogP contribution is -2.52. The molecule has 0 aliphatic carbocycles. The minimum Gasteiger partial charge on any atom is -0.459 e. The van der Waals surface area contributed by atoms with E-state index in [4.69, 9.17) is 4.42 Å². The molecule has 9 heteroatoms. The van der Waals surface area contributed by atoms with Crippen LogP contribution in [-0.2, 0) is 9.59 Å². The van der Waals surface area contributed by atoms with Crippen LogP contribution in [0.1, 0.15) is 40.0 Å². The van der Waals surface area contributed by atoms with Crippen LogP contribution in [0.4, 0.5) is 0 Å². The molecule has 0 spiro atoms. The highest BCUT2D eigenvalue weighted by Gasteiger charge is 2.37. The number of carbonyl (C=O) groups excluding carboxylic acids is 3. The molecule has 1 atom stereocenters. The molecular weight excluding hydrogens is 410 g/mol. The van der Waals surface area contributed by atoms with Gasteiger partial charge in [-0.3, -0.25) is 14.4 Å². The molecule has 0 bridgehead atoms. The zero-order chi connectivity index (χ0) is 22.7. The SMILES string of the molecule is Cc1nn(-c2ccccc2)c(C)c1C1C(=O)NCCN1C(=O)CCNC(=O)c1ccco1. The minimum absolute atomic E-state index is 0.0706. The van der Waals surface area contributed by atoms with Gasteiger partial charge in [0.1, 0.15) is 6.04 Å². The fourth-order valence-corrected chi connectivity index (χ4v) is 4.01. The van der Waals surface area contributed by atoms with Crippen molar-refractivity contribution in [2.24, 2.45) is 0 Å². The molecule has 4 rings (SSSR count). The van der Waals surface area contributed by atoms with Gasteiger partial charge in [-0.2, -0.15) is 5.10 Å². The van der Waals surface area contributed by atoms with Crippen LogP contribution in [0.2, 0.25) is 0 Å².